The van der Waals surface area contributed by atoms with Crippen molar-refractivity contribution in [1.29, 1.82) is 0 Å². The molecule has 43 heavy (non-hydrogen) atoms. The first-order valence-electron chi connectivity index (χ1n) is 15.1. The fourth-order valence-electron chi connectivity index (χ4n) is 5.38. The Morgan fingerprint density at radius 2 is 1.91 bits per heavy atom. The van der Waals surface area contributed by atoms with Crippen LogP contribution in [0.1, 0.15) is 69.6 Å². The van der Waals surface area contributed by atoms with Crippen LogP contribution in [0, 0.1) is 18.3 Å². The molecule has 0 spiro atoms. The number of ether oxygens (including phenoxy) is 1. The Hall–Kier alpha value is -2.98. The summed E-state index contributed by atoms with van der Waals surface area (Å²) >= 11 is 0.797. The number of hydrogen-bond donors (Lipinski definition) is 4. The molecule has 1 aliphatic heterocycles. The van der Waals surface area contributed by atoms with E-state index in [0.717, 1.165) is 53.6 Å². The molecule has 232 valence electrons. The van der Waals surface area contributed by atoms with Gasteiger partial charge in [0.25, 0.3) is 0 Å². The number of carboxylic acids is 1. The lowest BCUT2D eigenvalue weighted by Crippen LogP contribution is -2.54. The number of aliphatic carboxylic acids is 1. The number of carbonyl (C=O) groups is 3. The quantitative estimate of drug-likeness (QED) is 0.207. The van der Waals surface area contributed by atoms with E-state index in [1.54, 1.807) is 20.8 Å². The second-order valence-corrected chi connectivity index (χ2v) is 13.6. The molecule has 0 aromatic heterocycles. The lowest BCUT2D eigenvalue weighted by molar-refractivity contribution is -0.148. The van der Waals surface area contributed by atoms with Crippen molar-refractivity contribution in [1.82, 2.24) is 16.0 Å². The van der Waals surface area contributed by atoms with Crippen LogP contribution in [0.25, 0.3) is 0 Å². The van der Waals surface area contributed by atoms with Crippen LogP contribution >= 0.6 is 11.6 Å². The van der Waals surface area contributed by atoms with Crippen molar-refractivity contribution >= 4 is 36.5 Å². The van der Waals surface area contributed by atoms with Gasteiger partial charge in [0, 0.05) is 6.54 Å². The summed E-state index contributed by atoms with van der Waals surface area (Å²) in [5.41, 5.74) is 1.82. The minimum absolute atomic E-state index is 0.00139. The van der Waals surface area contributed by atoms with Gasteiger partial charge in [0.2, 0.25) is 11.8 Å². The zero-order chi connectivity index (χ0) is 31.5. The molecule has 2 aromatic carbocycles. The van der Waals surface area contributed by atoms with Crippen molar-refractivity contribution in [2.75, 3.05) is 19.7 Å². The molecule has 2 unspecified atom stereocenters. The van der Waals surface area contributed by atoms with Crippen LogP contribution in [-0.4, -0.2) is 60.5 Å². The fourth-order valence-corrected chi connectivity index (χ4v) is 5.99. The van der Waals surface area contributed by atoms with E-state index in [2.05, 4.69) is 16.0 Å². The van der Waals surface area contributed by atoms with Gasteiger partial charge in [0.15, 0.2) is 7.12 Å². The summed E-state index contributed by atoms with van der Waals surface area (Å²) < 4.78 is 4.80. The standard InChI is InChI=1S/C33H46BN3O5S/c1-23-12-14-27(42-18-16-25-11-8-17-35-20-25)19-26(23)21-36-29(38)28(15-13-24-9-6-5-7-10-24)37-30(39)33(4,43-34)22-32(2,3)31(40)41/h5-7,9-10,12,14,19,25,28,35H,8,11,13,15-18,20-22H2,1-4H3,(H,36,38)(H,37,39)(H,40,41)/t25?,28-,33?/m0/s1. The van der Waals surface area contributed by atoms with Gasteiger partial charge in [-0.25, -0.2) is 11.6 Å². The third kappa shape index (κ3) is 10.6. The molecular formula is C33H46BN3O5S. The Morgan fingerprint density at radius 1 is 1.16 bits per heavy atom. The topological polar surface area (TPSA) is 117 Å². The molecule has 1 heterocycles. The van der Waals surface area contributed by atoms with Crippen LogP contribution in [0.3, 0.4) is 0 Å². The highest BCUT2D eigenvalue weighted by Crippen LogP contribution is 2.36. The van der Waals surface area contributed by atoms with Crippen molar-refractivity contribution in [2.24, 2.45) is 11.3 Å². The normalized spacial score (nSPS) is 17.3. The number of benzene rings is 2. The molecule has 3 atom stereocenters. The third-order valence-corrected chi connectivity index (χ3v) is 9.10. The summed E-state index contributed by atoms with van der Waals surface area (Å²) in [6, 6.07) is 14.8. The third-order valence-electron chi connectivity index (χ3n) is 8.25. The van der Waals surface area contributed by atoms with E-state index in [9.17, 15) is 19.5 Å². The van der Waals surface area contributed by atoms with E-state index in [1.165, 1.54) is 12.8 Å². The van der Waals surface area contributed by atoms with Crippen LogP contribution in [0.5, 0.6) is 5.75 Å². The van der Waals surface area contributed by atoms with Gasteiger partial charge in [-0.3, -0.25) is 14.4 Å². The number of aryl methyl sites for hydroxylation is 2. The average molecular weight is 608 g/mol. The summed E-state index contributed by atoms with van der Waals surface area (Å²) in [6.07, 6.45) is 4.37. The van der Waals surface area contributed by atoms with E-state index in [-0.39, 0.29) is 18.9 Å². The van der Waals surface area contributed by atoms with Gasteiger partial charge in [-0.05, 0) is 114 Å². The summed E-state index contributed by atoms with van der Waals surface area (Å²) in [4.78, 5) is 38.8. The molecule has 1 fully saturated rings. The van der Waals surface area contributed by atoms with Crippen LogP contribution in [0.15, 0.2) is 48.5 Å². The molecule has 2 amide bonds. The average Bonchev–Trinajstić information content (AvgIpc) is 2.99. The summed E-state index contributed by atoms with van der Waals surface area (Å²) in [7, 11) is 5.92. The highest BCUT2D eigenvalue weighted by atomic mass is 32.2. The monoisotopic (exact) mass is 607 g/mol. The van der Waals surface area contributed by atoms with Crippen LogP contribution < -0.4 is 20.7 Å². The maximum absolute atomic E-state index is 13.5. The van der Waals surface area contributed by atoms with Crippen molar-refractivity contribution < 1.29 is 24.2 Å². The molecule has 3 rings (SSSR count). The number of amides is 2. The van der Waals surface area contributed by atoms with Gasteiger partial charge >= 0.3 is 5.97 Å². The lowest BCUT2D eigenvalue weighted by Gasteiger charge is -2.34. The molecule has 2 radical (unpaired) electrons. The molecule has 4 N–H and O–H groups in total. The Morgan fingerprint density at radius 3 is 2.56 bits per heavy atom. The van der Waals surface area contributed by atoms with E-state index in [0.29, 0.717) is 25.4 Å². The molecule has 1 aliphatic rings. The molecule has 8 nitrogen and oxygen atoms in total. The maximum Gasteiger partial charge on any atom is 0.309 e. The molecule has 2 aromatic rings. The molecule has 0 bridgehead atoms. The Balaban J connectivity index is 1.67. The number of carbonyl (C=O) groups excluding carboxylic acids is 2. The van der Waals surface area contributed by atoms with Crippen molar-refractivity contribution in [3.05, 3.63) is 65.2 Å². The summed E-state index contributed by atoms with van der Waals surface area (Å²) in [5.74, 6) is -0.407. The lowest BCUT2D eigenvalue weighted by atomic mass is 9.82. The molecular weight excluding hydrogens is 561 g/mol. The van der Waals surface area contributed by atoms with Gasteiger partial charge in [0.05, 0.1) is 16.8 Å². The number of hydrogen-bond acceptors (Lipinski definition) is 6. The number of carboxylic acid groups (broad SMARTS) is 1. The Bertz CT molecular complexity index is 1220. The predicted molar refractivity (Wildman–Crippen MR) is 173 cm³/mol. The van der Waals surface area contributed by atoms with Crippen molar-refractivity contribution in [3.8, 4) is 5.75 Å². The van der Waals surface area contributed by atoms with Gasteiger partial charge < -0.3 is 25.8 Å². The van der Waals surface area contributed by atoms with Crippen molar-refractivity contribution in [2.45, 2.75) is 83.6 Å². The first-order chi connectivity index (χ1) is 20.4. The van der Waals surface area contributed by atoms with Crippen molar-refractivity contribution in [3.63, 3.8) is 0 Å². The smallest absolute Gasteiger partial charge is 0.309 e. The number of nitrogens with one attached hydrogen (secondary N) is 3. The molecule has 1 saturated heterocycles. The van der Waals surface area contributed by atoms with E-state index < -0.39 is 28.1 Å². The maximum atomic E-state index is 13.5. The summed E-state index contributed by atoms with van der Waals surface area (Å²) in [6.45, 7) is 9.78. The Kier molecular flexibility index (Phi) is 13.0. The summed E-state index contributed by atoms with van der Waals surface area (Å²) in [5, 5.41) is 19.0. The highest BCUT2D eigenvalue weighted by Gasteiger charge is 2.42. The Labute approximate surface area is 261 Å². The van der Waals surface area contributed by atoms with Gasteiger partial charge in [-0.1, -0.05) is 36.4 Å². The van der Waals surface area contributed by atoms with Gasteiger partial charge in [-0.2, -0.15) is 0 Å². The second-order valence-electron chi connectivity index (χ2n) is 12.4. The van der Waals surface area contributed by atoms with E-state index >= 15 is 0 Å². The zero-order valence-corrected chi connectivity index (χ0v) is 26.7. The first kappa shape index (κ1) is 34.5. The largest absolute Gasteiger partial charge is 0.494 e. The number of piperidine rings is 1. The zero-order valence-electron chi connectivity index (χ0n) is 25.9. The highest BCUT2D eigenvalue weighted by molar-refractivity contribution is 8.21. The van der Waals surface area contributed by atoms with E-state index in [4.69, 9.17) is 11.9 Å². The fraction of sp³-hybridized carbons (Fsp3) is 0.545. The molecule has 10 heteroatoms. The van der Waals surface area contributed by atoms with Crippen LogP contribution in [0.2, 0.25) is 0 Å². The molecule has 0 aliphatic carbocycles. The predicted octanol–water partition coefficient (Wildman–Crippen LogP) is 4.57. The molecule has 0 saturated carbocycles. The van der Waals surface area contributed by atoms with Gasteiger partial charge in [-0.15, -0.1) is 0 Å². The number of rotatable bonds is 16. The SMILES string of the molecule is [B]SC(C)(CC(C)(C)C(=O)O)C(=O)N[C@@H](CCc1ccccc1)C(=O)NCc1cc(OCCC2CCCNC2)ccc1C. The van der Waals surface area contributed by atoms with E-state index in [1.807, 2.05) is 55.5 Å². The minimum atomic E-state index is -1.25. The minimum Gasteiger partial charge on any atom is -0.494 e. The van der Waals surface area contributed by atoms with Crippen LogP contribution in [-0.2, 0) is 27.3 Å². The van der Waals surface area contributed by atoms with Crippen LogP contribution in [0.4, 0.5) is 0 Å². The second kappa shape index (κ2) is 16.2. The van der Waals surface area contributed by atoms with Gasteiger partial charge in [0.1, 0.15) is 11.8 Å². The first-order valence-corrected chi connectivity index (χ1v) is 16.0.